The Morgan fingerprint density at radius 2 is 1.94 bits per heavy atom. The van der Waals surface area contributed by atoms with E-state index < -0.39 is 11.9 Å². The number of benzene rings is 1. The second-order valence-corrected chi connectivity index (χ2v) is 9.66. The van der Waals surface area contributed by atoms with Crippen molar-refractivity contribution >= 4 is 45.9 Å². The van der Waals surface area contributed by atoms with Gasteiger partial charge in [0.1, 0.15) is 17.4 Å². The number of thiophene rings is 1. The minimum absolute atomic E-state index is 0.00887. The zero-order valence-electron chi connectivity index (χ0n) is 20.1. The fourth-order valence-corrected chi connectivity index (χ4v) is 4.97. The van der Waals surface area contributed by atoms with Gasteiger partial charge < -0.3 is 25.1 Å². The van der Waals surface area contributed by atoms with Crippen LogP contribution in [0.25, 0.3) is 0 Å². The average molecular weight is 518 g/mol. The van der Waals surface area contributed by atoms with Crippen LogP contribution in [0.4, 0.5) is 5.00 Å². The molecule has 0 unspecified atom stereocenters. The molecule has 0 saturated carbocycles. The van der Waals surface area contributed by atoms with Crippen LogP contribution in [0.15, 0.2) is 23.4 Å². The van der Waals surface area contributed by atoms with E-state index in [0.29, 0.717) is 16.5 Å². The van der Waals surface area contributed by atoms with Crippen molar-refractivity contribution in [2.24, 2.45) is 12.8 Å². The van der Waals surface area contributed by atoms with Crippen molar-refractivity contribution in [2.45, 2.75) is 39.5 Å². The van der Waals surface area contributed by atoms with E-state index in [0.717, 1.165) is 28.2 Å². The minimum Gasteiger partial charge on any atom is -0.485 e. The maximum absolute atomic E-state index is 12.6. The van der Waals surface area contributed by atoms with Crippen LogP contribution in [0.1, 0.15) is 49.5 Å². The fourth-order valence-electron chi connectivity index (χ4n) is 3.18. The van der Waals surface area contributed by atoms with Crippen molar-refractivity contribution in [3.63, 3.8) is 0 Å². The molecule has 0 spiro atoms. The quantitative estimate of drug-likeness (QED) is 0.308. The van der Waals surface area contributed by atoms with Gasteiger partial charge in [0.25, 0.3) is 5.91 Å². The molecule has 0 aliphatic carbocycles. The predicted octanol–water partition coefficient (Wildman–Crippen LogP) is 3.39. The molecule has 0 aliphatic rings. The largest absolute Gasteiger partial charge is 0.485 e. The summed E-state index contributed by atoms with van der Waals surface area (Å²) in [6.07, 6.45) is 0. The molecule has 3 aromatic rings. The van der Waals surface area contributed by atoms with Gasteiger partial charge in [0.15, 0.2) is 11.0 Å². The number of nitrogens with one attached hydrogen (secondary N) is 1. The van der Waals surface area contributed by atoms with Gasteiger partial charge in [-0.2, -0.15) is 0 Å². The lowest BCUT2D eigenvalue weighted by atomic mass is 10.1. The molecule has 35 heavy (non-hydrogen) atoms. The lowest BCUT2D eigenvalue weighted by Gasteiger charge is -2.10. The van der Waals surface area contributed by atoms with Crippen molar-refractivity contribution in [1.29, 1.82) is 0 Å². The van der Waals surface area contributed by atoms with Crippen LogP contribution in [0, 0.1) is 20.8 Å². The van der Waals surface area contributed by atoms with Crippen LogP contribution in [-0.2, 0) is 23.2 Å². The minimum atomic E-state index is -0.678. The molecule has 3 rings (SSSR count). The van der Waals surface area contributed by atoms with E-state index in [1.54, 1.807) is 25.5 Å². The monoisotopic (exact) mass is 517 g/mol. The van der Waals surface area contributed by atoms with Crippen LogP contribution in [0.5, 0.6) is 5.75 Å². The number of nitrogens with zero attached hydrogens (tertiary/aromatic N) is 3. The SMILES string of the molecule is CCOC(=O)c1c(NC(=O)CSc2nnc(COc3cc(C)ccc3C)n2C)sc(C(N)=O)c1C. The number of hydrogen-bond donors (Lipinski definition) is 2. The van der Waals surface area contributed by atoms with Crippen molar-refractivity contribution in [2.75, 3.05) is 17.7 Å². The van der Waals surface area contributed by atoms with Crippen molar-refractivity contribution < 1.29 is 23.9 Å². The predicted molar refractivity (Wildman–Crippen MR) is 134 cm³/mol. The highest BCUT2D eigenvalue weighted by Gasteiger charge is 2.26. The molecular formula is C23H27N5O5S2. The van der Waals surface area contributed by atoms with Gasteiger partial charge >= 0.3 is 5.97 Å². The third kappa shape index (κ3) is 6.20. The first-order valence-corrected chi connectivity index (χ1v) is 12.5. The Labute approximate surface area is 211 Å². The first-order chi connectivity index (χ1) is 16.6. The van der Waals surface area contributed by atoms with Gasteiger partial charge in [-0.25, -0.2) is 4.79 Å². The number of carbonyl (C=O) groups is 3. The molecule has 0 saturated heterocycles. The van der Waals surface area contributed by atoms with Gasteiger partial charge in [-0.15, -0.1) is 21.5 Å². The second-order valence-electron chi connectivity index (χ2n) is 7.70. The summed E-state index contributed by atoms with van der Waals surface area (Å²) in [5.74, 6) is -0.288. The van der Waals surface area contributed by atoms with Crippen molar-refractivity contribution in [1.82, 2.24) is 14.8 Å². The molecular weight excluding hydrogens is 490 g/mol. The first kappa shape index (κ1) is 26.2. The highest BCUT2D eigenvalue weighted by molar-refractivity contribution is 7.99. The number of esters is 1. The van der Waals surface area contributed by atoms with Crippen LogP contribution < -0.4 is 15.8 Å². The van der Waals surface area contributed by atoms with E-state index in [-0.39, 0.29) is 40.3 Å². The summed E-state index contributed by atoms with van der Waals surface area (Å²) >= 11 is 2.13. The van der Waals surface area contributed by atoms with Gasteiger partial charge in [0, 0.05) is 7.05 Å². The van der Waals surface area contributed by atoms with Crippen LogP contribution in [0.3, 0.4) is 0 Å². The molecule has 1 aromatic carbocycles. The van der Waals surface area contributed by atoms with Gasteiger partial charge in [0.2, 0.25) is 5.91 Å². The molecule has 10 nitrogen and oxygen atoms in total. The lowest BCUT2D eigenvalue weighted by Crippen LogP contribution is -2.17. The number of hydrogen-bond acceptors (Lipinski definition) is 9. The number of primary amides is 1. The Hall–Kier alpha value is -3.38. The lowest BCUT2D eigenvalue weighted by molar-refractivity contribution is -0.113. The molecule has 2 aromatic heterocycles. The number of nitrogens with two attached hydrogens (primary N) is 1. The van der Waals surface area contributed by atoms with Crippen LogP contribution in [0.2, 0.25) is 0 Å². The van der Waals surface area contributed by atoms with E-state index in [4.69, 9.17) is 15.2 Å². The molecule has 0 aliphatic heterocycles. The number of anilines is 1. The Bertz CT molecular complexity index is 1270. The van der Waals surface area contributed by atoms with Crippen molar-refractivity contribution in [3.05, 3.63) is 51.2 Å². The maximum Gasteiger partial charge on any atom is 0.341 e. The summed E-state index contributed by atoms with van der Waals surface area (Å²) in [5.41, 5.74) is 8.04. The summed E-state index contributed by atoms with van der Waals surface area (Å²) in [5, 5.41) is 11.7. The summed E-state index contributed by atoms with van der Waals surface area (Å²) < 4.78 is 12.7. The highest BCUT2D eigenvalue weighted by Crippen LogP contribution is 2.34. The van der Waals surface area contributed by atoms with E-state index >= 15 is 0 Å². The van der Waals surface area contributed by atoms with Crippen LogP contribution in [-0.4, -0.2) is 44.9 Å². The number of amides is 2. The number of rotatable bonds is 10. The standard InChI is InChI=1S/C23H27N5O5S2/c1-6-32-22(31)18-14(4)19(20(24)30)35-21(18)25-17(29)11-34-23-27-26-16(28(23)5)10-33-15-9-12(2)7-8-13(15)3/h7-9H,6,10-11H2,1-5H3,(H2,24,30)(H,25,29). The summed E-state index contributed by atoms with van der Waals surface area (Å²) in [7, 11) is 1.79. The highest BCUT2D eigenvalue weighted by atomic mass is 32.2. The van der Waals surface area contributed by atoms with Gasteiger partial charge in [-0.3, -0.25) is 9.59 Å². The van der Waals surface area contributed by atoms with Gasteiger partial charge in [-0.05, 0) is 50.5 Å². The molecule has 2 amide bonds. The average Bonchev–Trinajstić information content (AvgIpc) is 3.32. The Morgan fingerprint density at radius 1 is 1.20 bits per heavy atom. The molecule has 0 bridgehead atoms. The number of carbonyl (C=O) groups excluding carboxylic acids is 3. The van der Waals surface area contributed by atoms with Gasteiger partial charge in [0.05, 0.1) is 22.8 Å². The summed E-state index contributed by atoms with van der Waals surface area (Å²) in [6.45, 7) is 7.62. The second kappa shape index (κ2) is 11.4. The normalized spacial score (nSPS) is 10.8. The molecule has 0 atom stereocenters. The van der Waals surface area contributed by atoms with Crippen molar-refractivity contribution in [3.8, 4) is 5.75 Å². The first-order valence-electron chi connectivity index (χ1n) is 10.7. The third-order valence-corrected chi connectivity index (χ3v) is 7.30. The Kier molecular flexibility index (Phi) is 8.52. The number of ether oxygens (including phenoxy) is 2. The number of thioether (sulfide) groups is 1. The molecule has 0 fully saturated rings. The topological polar surface area (TPSA) is 138 Å². The third-order valence-electron chi connectivity index (χ3n) is 5.06. The van der Waals surface area contributed by atoms with E-state index in [1.807, 2.05) is 32.0 Å². The number of aromatic nitrogens is 3. The van der Waals surface area contributed by atoms with E-state index in [9.17, 15) is 14.4 Å². The summed E-state index contributed by atoms with van der Waals surface area (Å²) in [4.78, 5) is 36.9. The molecule has 12 heteroatoms. The van der Waals surface area contributed by atoms with E-state index in [1.165, 1.54) is 11.8 Å². The van der Waals surface area contributed by atoms with Crippen LogP contribution >= 0.6 is 23.1 Å². The molecule has 2 heterocycles. The maximum atomic E-state index is 12.6. The zero-order valence-corrected chi connectivity index (χ0v) is 21.8. The molecule has 3 N–H and O–H groups in total. The Morgan fingerprint density at radius 3 is 2.63 bits per heavy atom. The molecule has 186 valence electrons. The summed E-state index contributed by atoms with van der Waals surface area (Å²) in [6, 6.07) is 5.98. The smallest absolute Gasteiger partial charge is 0.341 e. The molecule has 0 radical (unpaired) electrons. The van der Waals surface area contributed by atoms with E-state index in [2.05, 4.69) is 15.5 Å². The fraction of sp³-hybridized carbons (Fsp3) is 0.348. The number of aryl methyl sites for hydroxylation is 2. The zero-order chi connectivity index (χ0) is 25.7. The Balaban J connectivity index is 1.65. The van der Waals surface area contributed by atoms with Gasteiger partial charge in [-0.1, -0.05) is 23.9 Å².